The SMILES string of the molecule is CCC(C)C(Nc1nccc(OC)n1)C(N)=O. The zero-order valence-electron chi connectivity index (χ0n) is 10.3. The normalized spacial score (nSPS) is 13.8. The second-order valence-corrected chi connectivity index (χ2v) is 3.83. The van der Waals surface area contributed by atoms with E-state index in [1.807, 2.05) is 13.8 Å². The van der Waals surface area contributed by atoms with E-state index in [2.05, 4.69) is 15.3 Å². The van der Waals surface area contributed by atoms with E-state index >= 15 is 0 Å². The molecule has 6 heteroatoms. The Bertz CT molecular complexity index is 383. The Labute approximate surface area is 101 Å². The molecule has 0 fully saturated rings. The lowest BCUT2D eigenvalue weighted by atomic mass is 9.99. The predicted octanol–water partition coefficient (Wildman–Crippen LogP) is 0.797. The van der Waals surface area contributed by atoms with Crippen molar-refractivity contribution in [3.05, 3.63) is 12.3 Å². The van der Waals surface area contributed by atoms with E-state index in [4.69, 9.17) is 10.5 Å². The van der Waals surface area contributed by atoms with Crippen molar-refractivity contribution in [1.82, 2.24) is 9.97 Å². The summed E-state index contributed by atoms with van der Waals surface area (Å²) in [4.78, 5) is 19.4. The van der Waals surface area contributed by atoms with Crippen LogP contribution in [0.5, 0.6) is 5.88 Å². The average Bonchev–Trinajstić information content (AvgIpc) is 2.35. The van der Waals surface area contributed by atoms with Crippen molar-refractivity contribution in [3.63, 3.8) is 0 Å². The highest BCUT2D eigenvalue weighted by Gasteiger charge is 2.22. The van der Waals surface area contributed by atoms with Crippen LogP contribution in [0.15, 0.2) is 12.3 Å². The number of aromatic nitrogens is 2. The molecule has 0 aliphatic heterocycles. The molecule has 0 aromatic carbocycles. The Balaban J connectivity index is 2.82. The van der Waals surface area contributed by atoms with Gasteiger partial charge in [-0.1, -0.05) is 20.3 Å². The number of methoxy groups -OCH3 is 1. The number of nitrogens with zero attached hydrogens (tertiary/aromatic N) is 2. The number of carbonyl (C=O) groups is 1. The quantitative estimate of drug-likeness (QED) is 0.765. The number of ether oxygens (including phenoxy) is 1. The molecule has 17 heavy (non-hydrogen) atoms. The largest absolute Gasteiger partial charge is 0.481 e. The molecule has 2 unspecified atom stereocenters. The number of anilines is 1. The predicted molar refractivity (Wildman–Crippen MR) is 64.6 cm³/mol. The summed E-state index contributed by atoms with van der Waals surface area (Å²) in [5.74, 6) is 0.483. The Morgan fingerprint density at radius 2 is 2.35 bits per heavy atom. The summed E-state index contributed by atoms with van der Waals surface area (Å²) in [6, 6.07) is 1.15. The van der Waals surface area contributed by atoms with Gasteiger partial charge in [0, 0.05) is 12.3 Å². The average molecular weight is 238 g/mol. The summed E-state index contributed by atoms with van der Waals surface area (Å²) in [7, 11) is 1.52. The van der Waals surface area contributed by atoms with Gasteiger partial charge in [0.05, 0.1) is 7.11 Å². The molecule has 0 bridgehead atoms. The number of nitrogens with one attached hydrogen (secondary N) is 1. The molecule has 0 aliphatic rings. The van der Waals surface area contributed by atoms with Gasteiger partial charge in [0.2, 0.25) is 17.7 Å². The van der Waals surface area contributed by atoms with Crippen molar-refractivity contribution in [2.24, 2.45) is 11.7 Å². The summed E-state index contributed by atoms with van der Waals surface area (Å²) >= 11 is 0. The molecule has 1 aromatic rings. The maximum Gasteiger partial charge on any atom is 0.240 e. The van der Waals surface area contributed by atoms with Crippen LogP contribution in [0.2, 0.25) is 0 Å². The van der Waals surface area contributed by atoms with Crippen LogP contribution < -0.4 is 15.8 Å². The zero-order valence-corrected chi connectivity index (χ0v) is 10.3. The van der Waals surface area contributed by atoms with Crippen LogP contribution >= 0.6 is 0 Å². The third kappa shape index (κ3) is 3.58. The van der Waals surface area contributed by atoms with Crippen LogP contribution in [-0.4, -0.2) is 29.0 Å². The highest BCUT2D eigenvalue weighted by Crippen LogP contribution is 2.14. The third-order valence-corrected chi connectivity index (χ3v) is 2.64. The molecule has 3 N–H and O–H groups in total. The Morgan fingerprint density at radius 3 is 2.88 bits per heavy atom. The van der Waals surface area contributed by atoms with E-state index in [0.29, 0.717) is 11.8 Å². The highest BCUT2D eigenvalue weighted by molar-refractivity contribution is 5.82. The fourth-order valence-electron chi connectivity index (χ4n) is 1.39. The minimum atomic E-state index is -0.480. The molecule has 6 nitrogen and oxygen atoms in total. The lowest BCUT2D eigenvalue weighted by molar-refractivity contribution is -0.119. The van der Waals surface area contributed by atoms with Crippen molar-refractivity contribution >= 4 is 11.9 Å². The van der Waals surface area contributed by atoms with Crippen molar-refractivity contribution in [1.29, 1.82) is 0 Å². The summed E-state index contributed by atoms with van der Waals surface area (Å²) in [5.41, 5.74) is 5.34. The van der Waals surface area contributed by atoms with E-state index < -0.39 is 11.9 Å². The molecule has 0 spiro atoms. The third-order valence-electron chi connectivity index (χ3n) is 2.64. The first-order valence-corrected chi connectivity index (χ1v) is 5.51. The van der Waals surface area contributed by atoms with Crippen molar-refractivity contribution < 1.29 is 9.53 Å². The van der Waals surface area contributed by atoms with Gasteiger partial charge in [0.25, 0.3) is 0 Å². The molecular formula is C11H18N4O2. The highest BCUT2D eigenvalue weighted by atomic mass is 16.5. The van der Waals surface area contributed by atoms with Crippen molar-refractivity contribution in [2.75, 3.05) is 12.4 Å². The summed E-state index contributed by atoms with van der Waals surface area (Å²) in [6.07, 6.45) is 2.40. The fraction of sp³-hybridized carbons (Fsp3) is 0.545. The van der Waals surface area contributed by atoms with Gasteiger partial charge in [-0.3, -0.25) is 4.79 Å². The lowest BCUT2D eigenvalue weighted by Crippen LogP contribution is -2.40. The van der Waals surface area contributed by atoms with E-state index in [1.165, 1.54) is 7.11 Å². The standard InChI is InChI=1S/C11H18N4O2/c1-4-7(2)9(10(12)16)15-11-13-6-5-8(14-11)17-3/h5-7,9H,4H2,1-3H3,(H2,12,16)(H,13,14,15). The first-order chi connectivity index (χ1) is 8.08. The Kier molecular flexibility index (Phi) is 4.68. The summed E-state index contributed by atoms with van der Waals surface area (Å²) in [6.45, 7) is 3.94. The first kappa shape index (κ1) is 13.2. The number of amides is 1. The summed E-state index contributed by atoms with van der Waals surface area (Å²) < 4.78 is 4.98. The van der Waals surface area contributed by atoms with E-state index in [0.717, 1.165) is 6.42 Å². The second-order valence-electron chi connectivity index (χ2n) is 3.83. The monoisotopic (exact) mass is 238 g/mol. The number of hydrogen-bond donors (Lipinski definition) is 2. The maximum absolute atomic E-state index is 11.3. The Morgan fingerprint density at radius 1 is 1.65 bits per heavy atom. The minimum Gasteiger partial charge on any atom is -0.481 e. The van der Waals surface area contributed by atoms with Crippen LogP contribution in [0.1, 0.15) is 20.3 Å². The van der Waals surface area contributed by atoms with Gasteiger partial charge in [0.15, 0.2) is 0 Å². The molecule has 2 atom stereocenters. The lowest BCUT2D eigenvalue weighted by Gasteiger charge is -2.20. The van der Waals surface area contributed by atoms with Gasteiger partial charge >= 0.3 is 0 Å². The van der Waals surface area contributed by atoms with Gasteiger partial charge in [-0.25, -0.2) is 4.98 Å². The van der Waals surface area contributed by atoms with E-state index in [1.54, 1.807) is 12.3 Å². The molecule has 1 amide bonds. The molecule has 0 radical (unpaired) electrons. The smallest absolute Gasteiger partial charge is 0.240 e. The molecule has 0 aliphatic carbocycles. The van der Waals surface area contributed by atoms with Gasteiger partial charge in [-0.15, -0.1) is 0 Å². The van der Waals surface area contributed by atoms with Gasteiger partial charge < -0.3 is 15.8 Å². The molecule has 1 rings (SSSR count). The van der Waals surface area contributed by atoms with E-state index in [-0.39, 0.29) is 5.92 Å². The van der Waals surface area contributed by atoms with Crippen LogP contribution in [0.25, 0.3) is 0 Å². The molecule has 0 saturated carbocycles. The van der Waals surface area contributed by atoms with E-state index in [9.17, 15) is 4.79 Å². The topological polar surface area (TPSA) is 90.1 Å². The number of nitrogens with two attached hydrogens (primary N) is 1. The van der Waals surface area contributed by atoms with Crippen LogP contribution in [0.3, 0.4) is 0 Å². The second kappa shape index (κ2) is 6.03. The number of carbonyl (C=O) groups excluding carboxylic acids is 1. The Hall–Kier alpha value is -1.85. The van der Waals surface area contributed by atoms with Crippen LogP contribution in [0, 0.1) is 5.92 Å². The summed E-state index contributed by atoms with van der Waals surface area (Å²) in [5, 5.41) is 2.93. The van der Waals surface area contributed by atoms with Crippen molar-refractivity contribution in [3.8, 4) is 5.88 Å². The first-order valence-electron chi connectivity index (χ1n) is 5.51. The maximum atomic E-state index is 11.3. The van der Waals surface area contributed by atoms with Gasteiger partial charge in [-0.2, -0.15) is 4.98 Å². The van der Waals surface area contributed by atoms with Gasteiger partial charge in [0.1, 0.15) is 6.04 Å². The molecule has 1 aromatic heterocycles. The molecule has 1 heterocycles. The van der Waals surface area contributed by atoms with Crippen LogP contribution in [-0.2, 0) is 4.79 Å². The van der Waals surface area contributed by atoms with Gasteiger partial charge in [-0.05, 0) is 5.92 Å². The molecular weight excluding hydrogens is 220 g/mol. The minimum absolute atomic E-state index is 0.113. The van der Waals surface area contributed by atoms with Crippen molar-refractivity contribution in [2.45, 2.75) is 26.3 Å². The molecule has 94 valence electrons. The number of primary amides is 1. The number of rotatable bonds is 6. The van der Waals surface area contributed by atoms with Crippen LogP contribution in [0.4, 0.5) is 5.95 Å². The molecule has 0 saturated heterocycles. The number of hydrogen-bond acceptors (Lipinski definition) is 5. The fourth-order valence-corrected chi connectivity index (χ4v) is 1.39. The zero-order chi connectivity index (χ0) is 12.8.